The van der Waals surface area contributed by atoms with Crippen molar-refractivity contribution >= 4 is 27.6 Å². The third-order valence-electron chi connectivity index (χ3n) is 4.31. The van der Waals surface area contributed by atoms with Crippen molar-refractivity contribution in [3.63, 3.8) is 0 Å². The van der Waals surface area contributed by atoms with E-state index in [2.05, 4.69) is 4.72 Å². The van der Waals surface area contributed by atoms with Gasteiger partial charge in [-0.15, -0.1) is 0 Å². The summed E-state index contributed by atoms with van der Waals surface area (Å²) in [5.41, 5.74) is 3.45. The molecule has 1 aliphatic carbocycles. The fourth-order valence-corrected chi connectivity index (χ4v) is 3.82. The Bertz CT molecular complexity index is 1070. The predicted octanol–water partition coefficient (Wildman–Crippen LogP) is 3.28. The lowest BCUT2D eigenvalue weighted by molar-refractivity contribution is -0.137. The minimum atomic E-state index is -3.81. The van der Waals surface area contributed by atoms with Gasteiger partial charge in [-0.05, 0) is 55.3 Å². The zero-order valence-electron chi connectivity index (χ0n) is 15.9. The molecule has 2 aromatic rings. The lowest BCUT2D eigenvalue weighted by atomic mass is 10.0. The van der Waals surface area contributed by atoms with Crippen molar-refractivity contribution in [2.75, 3.05) is 13.7 Å². The van der Waals surface area contributed by atoms with Crippen LogP contribution in [0.2, 0.25) is 0 Å². The van der Waals surface area contributed by atoms with Gasteiger partial charge in [-0.2, -0.15) is 0 Å². The van der Waals surface area contributed by atoms with Crippen LogP contribution in [0.4, 0.5) is 0 Å². The van der Waals surface area contributed by atoms with Gasteiger partial charge in [-0.3, -0.25) is 4.72 Å². The van der Waals surface area contributed by atoms with Crippen LogP contribution in [-0.4, -0.2) is 28.1 Å². The van der Waals surface area contributed by atoms with E-state index in [0.29, 0.717) is 16.9 Å². The largest absolute Gasteiger partial charge is 0.497 e. The van der Waals surface area contributed by atoms with Crippen molar-refractivity contribution in [1.82, 2.24) is 4.72 Å². The van der Waals surface area contributed by atoms with E-state index >= 15 is 0 Å². The molecule has 0 saturated carbocycles. The summed E-state index contributed by atoms with van der Waals surface area (Å²) in [6.07, 6.45) is 3.05. The Morgan fingerprint density at radius 3 is 2.50 bits per heavy atom. The van der Waals surface area contributed by atoms with Crippen LogP contribution in [0.15, 0.2) is 59.1 Å². The number of aryl methyl sites for hydroxylation is 1. The third-order valence-corrected chi connectivity index (χ3v) is 5.63. The topological polar surface area (TPSA) is 81.7 Å². The normalized spacial score (nSPS) is 14.4. The quantitative estimate of drug-likeness (QED) is 0.754. The molecule has 146 valence electrons. The van der Waals surface area contributed by atoms with E-state index < -0.39 is 16.0 Å². The van der Waals surface area contributed by atoms with Crippen molar-refractivity contribution in [3.05, 3.63) is 70.9 Å². The highest BCUT2D eigenvalue weighted by Gasteiger charge is 2.26. The van der Waals surface area contributed by atoms with Gasteiger partial charge in [0, 0.05) is 11.8 Å². The number of rotatable bonds is 6. The van der Waals surface area contributed by atoms with Crippen LogP contribution in [0.3, 0.4) is 0 Å². The first kappa shape index (κ1) is 19.7. The monoisotopic (exact) mass is 399 g/mol. The maximum Gasteiger partial charge on any atom is 0.338 e. The Balaban J connectivity index is 1.96. The maximum atomic E-state index is 12.6. The number of fused-ring (bicyclic) bond motifs is 1. The molecule has 1 N–H and O–H groups in total. The number of hydrogen-bond donors (Lipinski definition) is 1. The number of carbonyl (C=O) groups excluding carboxylic acids is 1. The van der Waals surface area contributed by atoms with E-state index in [4.69, 9.17) is 9.47 Å². The smallest absolute Gasteiger partial charge is 0.338 e. The first-order chi connectivity index (χ1) is 13.4. The van der Waals surface area contributed by atoms with Crippen LogP contribution in [-0.2, 0) is 19.6 Å². The molecule has 0 aromatic heterocycles. The first-order valence-corrected chi connectivity index (χ1v) is 10.2. The molecule has 28 heavy (non-hydrogen) atoms. The molecule has 0 heterocycles. The van der Waals surface area contributed by atoms with Crippen LogP contribution in [0.5, 0.6) is 5.75 Å². The molecule has 0 radical (unpaired) electrons. The summed E-state index contributed by atoms with van der Waals surface area (Å²) in [6.45, 7) is 3.91. The van der Waals surface area contributed by atoms with E-state index in [1.54, 1.807) is 25.1 Å². The van der Waals surface area contributed by atoms with Crippen molar-refractivity contribution in [3.8, 4) is 5.75 Å². The Kier molecular flexibility index (Phi) is 5.56. The number of carbonyl (C=O) groups is 1. The van der Waals surface area contributed by atoms with E-state index in [9.17, 15) is 13.2 Å². The molecule has 1 aliphatic rings. The van der Waals surface area contributed by atoms with Gasteiger partial charge in [0.2, 0.25) is 0 Å². The van der Waals surface area contributed by atoms with Crippen molar-refractivity contribution in [2.24, 2.45) is 0 Å². The molecule has 0 fully saturated rings. The summed E-state index contributed by atoms with van der Waals surface area (Å²) < 4.78 is 37.9. The first-order valence-electron chi connectivity index (χ1n) is 8.72. The summed E-state index contributed by atoms with van der Waals surface area (Å²) >= 11 is 0. The van der Waals surface area contributed by atoms with Crippen molar-refractivity contribution < 1.29 is 22.7 Å². The molecule has 6 nitrogen and oxygen atoms in total. The molecule has 2 aromatic carbocycles. The highest BCUT2D eigenvalue weighted by atomic mass is 32.2. The van der Waals surface area contributed by atoms with Crippen LogP contribution >= 0.6 is 0 Å². The second-order valence-corrected chi connectivity index (χ2v) is 7.94. The SMILES string of the molecule is CCOC(=O)C1=Cc2cc(C)ccc2/C1=C/NS(=O)(=O)c1ccc(OC)cc1. The van der Waals surface area contributed by atoms with Gasteiger partial charge in [0.15, 0.2) is 0 Å². The maximum absolute atomic E-state index is 12.6. The van der Waals surface area contributed by atoms with Gasteiger partial charge in [-0.25, -0.2) is 13.2 Å². The predicted molar refractivity (Wildman–Crippen MR) is 107 cm³/mol. The zero-order valence-corrected chi connectivity index (χ0v) is 16.7. The van der Waals surface area contributed by atoms with Crippen LogP contribution in [0.25, 0.3) is 11.6 Å². The number of hydrogen-bond acceptors (Lipinski definition) is 5. The lowest BCUT2D eigenvalue weighted by Gasteiger charge is -2.10. The Morgan fingerprint density at radius 2 is 1.86 bits per heavy atom. The number of ether oxygens (including phenoxy) is 2. The van der Waals surface area contributed by atoms with Crippen molar-refractivity contribution in [2.45, 2.75) is 18.7 Å². The Labute approximate surface area is 164 Å². The lowest BCUT2D eigenvalue weighted by Crippen LogP contribution is -2.19. The van der Waals surface area contributed by atoms with Gasteiger partial charge >= 0.3 is 5.97 Å². The van der Waals surface area contributed by atoms with Gasteiger partial charge in [-0.1, -0.05) is 23.8 Å². The zero-order chi connectivity index (χ0) is 20.3. The number of nitrogens with one attached hydrogen (secondary N) is 1. The number of benzene rings is 2. The third kappa shape index (κ3) is 3.94. The van der Waals surface area contributed by atoms with Gasteiger partial charge in [0.25, 0.3) is 10.0 Å². The van der Waals surface area contributed by atoms with Gasteiger partial charge in [0.05, 0.1) is 24.2 Å². The molecule has 0 bridgehead atoms. The average Bonchev–Trinajstić information content (AvgIpc) is 3.04. The molecule has 3 rings (SSSR count). The molecule has 0 spiro atoms. The fraction of sp³-hybridized carbons (Fsp3) is 0.190. The molecular formula is C21H21NO5S. The van der Waals surface area contributed by atoms with Crippen LogP contribution < -0.4 is 9.46 Å². The number of methoxy groups -OCH3 is 1. The molecule has 0 amide bonds. The molecule has 0 unspecified atom stereocenters. The fourth-order valence-electron chi connectivity index (χ4n) is 2.92. The summed E-state index contributed by atoms with van der Waals surface area (Å²) in [5.74, 6) is 0.0659. The van der Waals surface area contributed by atoms with Crippen molar-refractivity contribution in [1.29, 1.82) is 0 Å². The minimum Gasteiger partial charge on any atom is -0.497 e. The van der Waals surface area contributed by atoms with E-state index in [0.717, 1.165) is 16.7 Å². The highest BCUT2D eigenvalue weighted by Crippen LogP contribution is 2.36. The second kappa shape index (κ2) is 7.90. The van der Waals surface area contributed by atoms with Crippen LogP contribution in [0, 0.1) is 6.92 Å². The highest BCUT2D eigenvalue weighted by molar-refractivity contribution is 7.89. The summed E-state index contributed by atoms with van der Waals surface area (Å²) in [5, 5.41) is 0. The van der Waals surface area contributed by atoms with Gasteiger partial charge < -0.3 is 9.47 Å². The Hall–Kier alpha value is -3.06. The summed E-state index contributed by atoms with van der Waals surface area (Å²) in [6, 6.07) is 11.8. The second-order valence-electron chi connectivity index (χ2n) is 6.22. The number of esters is 1. The number of sulfonamides is 1. The van der Waals surface area contributed by atoms with E-state index in [1.165, 1.54) is 25.4 Å². The molecule has 0 aliphatic heterocycles. The molecule has 7 heteroatoms. The average molecular weight is 399 g/mol. The minimum absolute atomic E-state index is 0.0916. The molecule has 0 saturated heterocycles. The summed E-state index contributed by atoms with van der Waals surface area (Å²) in [7, 11) is -2.30. The summed E-state index contributed by atoms with van der Waals surface area (Å²) in [4.78, 5) is 12.4. The standard InChI is InChI=1S/C21H21NO5S/c1-4-27-21(23)19-12-15-11-14(2)5-10-18(15)20(19)13-22-28(24,25)17-8-6-16(26-3)7-9-17/h5-13,22H,4H2,1-3H3/b20-13-. The van der Waals surface area contributed by atoms with Crippen LogP contribution in [0.1, 0.15) is 23.6 Å². The van der Waals surface area contributed by atoms with E-state index in [-0.39, 0.29) is 11.5 Å². The molecular weight excluding hydrogens is 378 g/mol. The Morgan fingerprint density at radius 1 is 1.14 bits per heavy atom. The van der Waals surface area contributed by atoms with Gasteiger partial charge in [0.1, 0.15) is 5.75 Å². The van der Waals surface area contributed by atoms with E-state index in [1.807, 2.05) is 25.1 Å². The molecule has 0 atom stereocenters.